The van der Waals surface area contributed by atoms with Crippen molar-refractivity contribution in [1.29, 1.82) is 0 Å². The Morgan fingerprint density at radius 1 is 0.962 bits per heavy atom. The fraction of sp³-hybridized carbons (Fsp3) is 0.400. The molecule has 4 nitrogen and oxygen atoms in total. The van der Waals surface area contributed by atoms with E-state index in [-0.39, 0.29) is 36.7 Å². The molecule has 0 radical (unpaired) electrons. The molecule has 0 bridgehead atoms. The average molecular weight is 386 g/mol. The van der Waals surface area contributed by atoms with Gasteiger partial charge in [0.2, 0.25) is 0 Å². The second-order valence-corrected chi connectivity index (χ2v) is 7.47. The van der Waals surface area contributed by atoms with Crippen LogP contribution in [-0.4, -0.2) is 9.79 Å². The molecule has 26 heavy (non-hydrogen) atoms. The monoisotopic (exact) mass is 386 g/mol. The molecule has 0 saturated heterocycles. The van der Waals surface area contributed by atoms with Crippen molar-refractivity contribution < 1.29 is 49.9 Å². The largest absolute Gasteiger partial charge is 1.00 e. The van der Waals surface area contributed by atoms with E-state index in [1.54, 1.807) is 12.1 Å². The Balaban J connectivity index is 0.00000338. The van der Waals surface area contributed by atoms with E-state index in [0.717, 1.165) is 31.2 Å². The van der Waals surface area contributed by atoms with Crippen LogP contribution < -0.4 is 34.1 Å². The summed E-state index contributed by atoms with van der Waals surface area (Å²) in [6.45, 7) is 4.39. The van der Waals surface area contributed by atoms with Crippen LogP contribution in [0.1, 0.15) is 52.1 Å². The molecule has 2 N–H and O–H groups in total. The summed E-state index contributed by atoms with van der Waals surface area (Å²) in [6, 6.07) is 13.5. The van der Waals surface area contributed by atoms with Gasteiger partial charge in [-0.3, -0.25) is 9.79 Å². The van der Waals surface area contributed by atoms with Crippen molar-refractivity contribution in [2.24, 2.45) is 0 Å². The van der Waals surface area contributed by atoms with E-state index < -0.39 is 7.82 Å². The van der Waals surface area contributed by atoms with Gasteiger partial charge in [0.1, 0.15) is 5.75 Å². The van der Waals surface area contributed by atoms with Crippen molar-refractivity contribution in [2.75, 3.05) is 0 Å². The number of hydrogen-bond acceptors (Lipinski definition) is 2. The molecule has 0 unspecified atom stereocenters. The first-order valence-electron chi connectivity index (χ1n) is 8.90. The maximum absolute atomic E-state index is 10.9. The average Bonchev–Trinajstić information content (AvgIpc) is 2.57. The molecule has 6 heteroatoms. The summed E-state index contributed by atoms with van der Waals surface area (Å²) in [7, 11) is -4.52. The number of hydrogen-bond donors (Lipinski definition) is 2. The topological polar surface area (TPSA) is 66.8 Å². The summed E-state index contributed by atoms with van der Waals surface area (Å²) >= 11 is 0. The number of aryl methyl sites for hydroxylation is 2. The van der Waals surface area contributed by atoms with Crippen molar-refractivity contribution in [3.8, 4) is 16.9 Å². The molecule has 0 amide bonds. The fourth-order valence-electron chi connectivity index (χ4n) is 2.87. The van der Waals surface area contributed by atoms with Crippen molar-refractivity contribution in [2.45, 2.75) is 52.4 Å². The van der Waals surface area contributed by atoms with Gasteiger partial charge < -0.3 is 5.95 Å². The molecule has 2 aromatic carbocycles. The first-order chi connectivity index (χ1) is 11.9. The second kappa shape index (κ2) is 11.3. The molecule has 0 atom stereocenters. The van der Waals surface area contributed by atoms with Gasteiger partial charge in [0.25, 0.3) is 0 Å². The molecule has 0 spiro atoms. The molecule has 0 saturated carbocycles. The smallest absolute Gasteiger partial charge is 1.00 e. The Morgan fingerprint density at radius 2 is 1.58 bits per heavy atom. The van der Waals surface area contributed by atoms with Crippen LogP contribution in [0.2, 0.25) is 0 Å². The molecule has 2 aromatic rings. The maximum Gasteiger partial charge on any atom is 1.00 e. The van der Waals surface area contributed by atoms with Gasteiger partial charge in [-0.1, -0.05) is 57.0 Å². The Morgan fingerprint density at radius 3 is 2.15 bits per heavy atom. The van der Waals surface area contributed by atoms with E-state index >= 15 is 0 Å². The van der Waals surface area contributed by atoms with Crippen LogP contribution >= 0.6 is 7.82 Å². The van der Waals surface area contributed by atoms with Crippen LogP contribution in [0.5, 0.6) is 5.75 Å². The Labute approximate surface area is 180 Å². The van der Waals surface area contributed by atoms with Gasteiger partial charge in [0, 0.05) is 0 Å². The molecule has 0 aromatic heterocycles. The predicted molar refractivity (Wildman–Crippen MR) is 103 cm³/mol. The molecule has 138 valence electrons. The van der Waals surface area contributed by atoms with E-state index in [2.05, 4.69) is 36.6 Å². The van der Waals surface area contributed by atoms with Crippen LogP contribution in [0.4, 0.5) is 0 Å². The Bertz CT molecular complexity index is 731. The zero-order valence-corrected chi connectivity index (χ0v) is 18.8. The number of rotatable bonds is 9. The van der Waals surface area contributed by atoms with E-state index in [0.29, 0.717) is 0 Å². The van der Waals surface area contributed by atoms with Crippen molar-refractivity contribution >= 4 is 7.82 Å². The zero-order valence-electron chi connectivity index (χ0n) is 16.9. The van der Waals surface area contributed by atoms with Gasteiger partial charge in [-0.2, -0.15) is 0 Å². The third kappa shape index (κ3) is 7.56. The number of phosphoric ester groups is 1. The molecule has 0 aliphatic rings. The van der Waals surface area contributed by atoms with E-state index in [1.807, 2.05) is 12.1 Å². The normalized spacial score (nSPS) is 11.1. The number of benzene rings is 2. The minimum Gasteiger partial charge on any atom is -1.00 e. The van der Waals surface area contributed by atoms with E-state index in [4.69, 9.17) is 9.79 Å². The summed E-state index contributed by atoms with van der Waals surface area (Å²) < 4.78 is 15.5. The van der Waals surface area contributed by atoms with Crippen molar-refractivity contribution in [3.05, 3.63) is 53.6 Å². The molecule has 0 aliphatic heterocycles. The van der Waals surface area contributed by atoms with Gasteiger partial charge in [-0.25, -0.2) is 4.57 Å². The summed E-state index contributed by atoms with van der Waals surface area (Å²) in [6.07, 6.45) is 6.81. The molecular formula is C20H28NaO4P. The third-order valence-electron chi connectivity index (χ3n) is 4.18. The molecule has 0 fully saturated rings. The Hall–Kier alpha value is -0.610. The maximum atomic E-state index is 10.9. The predicted octanol–water partition coefficient (Wildman–Crippen LogP) is 2.63. The van der Waals surface area contributed by atoms with E-state index in [9.17, 15) is 4.57 Å². The van der Waals surface area contributed by atoms with Crippen LogP contribution in [0, 0.1) is 0 Å². The van der Waals surface area contributed by atoms with Crippen molar-refractivity contribution in [3.63, 3.8) is 0 Å². The fourth-order valence-corrected chi connectivity index (χ4v) is 3.27. The molecule has 0 aliphatic carbocycles. The zero-order chi connectivity index (χ0) is 18.3. The van der Waals surface area contributed by atoms with Crippen LogP contribution in [0.15, 0.2) is 42.5 Å². The van der Waals surface area contributed by atoms with Crippen LogP contribution in [-0.2, 0) is 17.4 Å². The minimum atomic E-state index is -4.52. The van der Waals surface area contributed by atoms with Gasteiger partial charge in [-0.05, 0) is 60.1 Å². The van der Waals surface area contributed by atoms with Gasteiger partial charge in [0.15, 0.2) is 0 Å². The summed E-state index contributed by atoms with van der Waals surface area (Å²) in [4.78, 5) is 17.8. The van der Waals surface area contributed by atoms with Crippen molar-refractivity contribution in [1.82, 2.24) is 0 Å². The van der Waals surface area contributed by atoms with Gasteiger partial charge in [-0.15, -0.1) is 0 Å². The van der Waals surface area contributed by atoms with Gasteiger partial charge >= 0.3 is 37.4 Å². The quantitative estimate of drug-likeness (QED) is 0.514. The number of unbranched alkanes of at least 4 members (excludes halogenated alkanes) is 2. The summed E-state index contributed by atoms with van der Waals surface area (Å²) in [5, 5.41) is 0. The van der Waals surface area contributed by atoms with Crippen LogP contribution in [0.25, 0.3) is 11.1 Å². The second-order valence-electron chi connectivity index (χ2n) is 6.30. The molecule has 0 heterocycles. The SMILES string of the molecule is CCCCc1ccc(-c2ccc(OP(=O)(O)O)cc2)c(CCCC)c1.[H-].[Na+]. The molecular weight excluding hydrogens is 358 g/mol. The van der Waals surface area contributed by atoms with Crippen LogP contribution in [0.3, 0.4) is 0 Å². The summed E-state index contributed by atoms with van der Waals surface area (Å²) in [5.41, 5.74) is 4.92. The first-order valence-corrected chi connectivity index (χ1v) is 10.4. The first kappa shape index (κ1) is 23.4. The Kier molecular flexibility index (Phi) is 10.2. The summed E-state index contributed by atoms with van der Waals surface area (Å²) in [5.74, 6) is 0.173. The minimum absolute atomic E-state index is 0. The molecule has 2 rings (SSSR count). The number of phosphoric acid groups is 1. The van der Waals surface area contributed by atoms with Gasteiger partial charge in [0.05, 0.1) is 0 Å². The van der Waals surface area contributed by atoms with E-state index in [1.165, 1.54) is 29.5 Å². The third-order valence-corrected chi connectivity index (χ3v) is 4.63. The standard InChI is InChI=1S/C20H27O4P.Na.H/c1-3-5-7-16-9-14-20(18(15-16)8-6-4-2)17-10-12-19(13-11-17)24-25(21,22)23;;/h9-15H,3-8H2,1-2H3,(H2,21,22,23);;/q;+1;-1.